The van der Waals surface area contributed by atoms with Crippen LogP contribution in [0.25, 0.3) is 10.9 Å². The van der Waals surface area contributed by atoms with Crippen molar-refractivity contribution in [1.29, 1.82) is 5.26 Å². The van der Waals surface area contributed by atoms with E-state index in [1.54, 1.807) is 12.4 Å². The van der Waals surface area contributed by atoms with Crippen LogP contribution in [0.2, 0.25) is 0 Å². The SMILES string of the molecule is N#CC1(c2ccncc2)CCC(NCc2cccc3cc[nH]c23)CC1. The van der Waals surface area contributed by atoms with Crippen molar-refractivity contribution in [1.82, 2.24) is 15.3 Å². The highest BCUT2D eigenvalue weighted by atomic mass is 14.9. The quantitative estimate of drug-likeness (QED) is 0.758. The molecule has 0 spiro atoms. The van der Waals surface area contributed by atoms with Gasteiger partial charge < -0.3 is 10.3 Å². The van der Waals surface area contributed by atoms with E-state index in [9.17, 15) is 5.26 Å². The normalized spacial score (nSPS) is 23.4. The van der Waals surface area contributed by atoms with Gasteiger partial charge in [-0.1, -0.05) is 18.2 Å². The van der Waals surface area contributed by atoms with Gasteiger partial charge >= 0.3 is 0 Å². The predicted molar refractivity (Wildman–Crippen MR) is 98.9 cm³/mol. The molecule has 0 atom stereocenters. The summed E-state index contributed by atoms with van der Waals surface area (Å²) in [5.41, 5.74) is 3.28. The molecule has 1 fully saturated rings. The second kappa shape index (κ2) is 6.70. The molecule has 4 heteroatoms. The van der Waals surface area contributed by atoms with Crippen LogP contribution < -0.4 is 5.32 Å². The fraction of sp³-hybridized carbons (Fsp3) is 0.333. The van der Waals surface area contributed by atoms with Gasteiger partial charge in [-0.2, -0.15) is 5.26 Å². The highest BCUT2D eigenvalue weighted by Crippen LogP contribution is 2.38. The molecule has 0 saturated heterocycles. The van der Waals surface area contributed by atoms with E-state index in [2.05, 4.69) is 45.6 Å². The first-order valence-corrected chi connectivity index (χ1v) is 8.91. The monoisotopic (exact) mass is 330 g/mol. The Morgan fingerprint density at radius 3 is 2.72 bits per heavy atom. The first-order chi connectivity index (χ1) is 12.3. The van der Waals surface area contributed by atoms with Crippen molar-refractivity contribution >= 4 is 10.9 Å². The number of nitrogens with one attached hydrogen (secondary N) is 2. The Morgan fingerprint density at radius 1 is 1.16 bits per heavy atom. The van der Waals surface area contributed by atoms with E-state index < -0.39 is 0 Å². The average molecular weight is 330 g/mol. The summed E-state index contributed by atoms with van der Waals surface area (Å²) >= 11 is 0. The molecule has 4 rings (SSSR count). The summed E-state index contributed by atoms with van der Waals surface area (Å²) in [7, 11) is 0. The fourth-order valence-corrected chi connectivity index (χ4v) is 4.00. The van der Waals surface area contributed by atoms with Gasteiger partial charge in [0.2, 0.25) is 0 Å². The average Bonchev–Trinajstić information content (AvgIpc) is 3.17. The Kier molecular flexibility index (Phi) is 4.25. The van der Waals surface area contributed by atoms with Gasteiger partial charge in [0.25, 0.3) is 0 Å². The van der Waals surface area contributed by atoms with Gasteiger partial charge in [0.05, 0.1) is 11.5 Å². The minimum Gasteiger partial charge on any atom is -0.361 e. The molecule has 1 aliphatic rings. The van der Waals surface area contributed by atoms with Crippen molar-refractivity contribution in [3.05, 3.63) is 66.1 Å². The number of aromatic amines is 1. The van der Waals surface area contributed by atoms with Crippen molar-refractivity contribution in [2.75, 3.05) is 0 Å². The molecule has 1 aliphatic carbocycles. The van der Waals surface area contributed by atoms with E-state index in [1.807, 2.05) is 18.3 Å². The highest BCUT2D eigenvalue weighted by molar-refractivity contribution is 5.82. The van der Waals surface area contributed by atoms with E-state index >= 15 is 0 Å². The van der Waals surface area contributed by atoms with Crippen LogP contribution in [0.1, 0.15) is 36.8 Å². The molecule has 1 aromatic carbocycles. The maximum atomic E-state index is 9.79. The van der Waals surface area contributed by atoms with Gasteiger partial charge in [-0.15, -0.1) is 0 Å². The molecule has 1 saturated carbocycles. The summed E-state index contributed by atoms with van der Waals surface area (Å²) in [4.78, 5) is 7.41. The number of hydrogen-bond donors (Lipinski definition) is 2. The summed E-state index contributed by atoms with van der Waals surface area (Å²) in [6, 6.07) is 15.6. The van der Waals surface area contributed by atoms with Gasteiger partial charge in [-0.05, 0) is 60.4 Å². The van der Waals surface area contributed by atoms with E-state index in [0.717, 1.165) is 37.8 Å². The van der Waals surface area contributed by atoms with Gasteiger partial charge in [-0.3, -0.25) is 4.98 Å². The van der Waals surface area contributed by atoms with E-state index in [0.29, 0.717) is 6.04 Å². The first-order valence-electron chi connectivity index (χ1n) is 8.91. The van der Waals surface area contributed by atoms with Crippen molar-refractivity contribution in [2.45, 2.75) is 43.7 Å². The van der Waals surface area contributed by atoms with Gasteiger partial charge in [0, 0.05) is 36.7 Å². The summed E-state index contributed by atoms with van der Waals surface area (Å²) in [5, 5.41) is 14.7. The molecular formula is C21H22N4. The van der Waals surface area contributed by atoms with Crippen LogP contribution in [0.5, 0.6) is 0 Å². The van der Waals surface area contributed by atoms with Crippen LogP contribution in [0.4, 0.5) is 0 Å². The molecule has 0 aliphatic heterocycles. The fourth-order valence-electron chi connectivity index (χ4n) is 4.00. The lowest BCUT2D eigenvalue weighted by Gasteiger charge is -2.35. The zero-order chi connectivity index (χ0) is 17.1. The van der Waals surface area contributed by atoms with Crippen molar-refractivity contribution in [3.63, 3.8) is 0 Å². The number of nitriles is 1. The van der Waals surface area contributed by atoms with E-state index in [1.165, 1.54) is 16.5 Å². The minimum atomic E-state index is -0.347. The lowest BCUT2D eigenvalue weighted by Crippen LogP contribution is -2.39. The molecule has 0 amide bonds. The molecule has 4 nitrogen and oxygen atoms in total. The van der Waals surface area contributed by atoms with Crippen molar-refractivity contribution in [3.8, 4) is 6.07 Å². The van der Waals surface area contributed by atoms with Crippen LogP contribution >= 0.6 is 0 Å². The van der Waals surface area contributed by atoms with Crippen molar-refractivity contribution < 1.29 is 0 Å². The lowest BCUT2D eigenvalue weighted by molar-refractivity contribution is 0.294. The second-order valence-electron chi connectivity index (χ2n) is 6.94. The predicted octanol–water partition coefficient (Wildman–Crippen LogP) is 4.06. The first kappa shape index (κ1) is 15.9. The number of H-pyrrole nitrogens is 1. The number of para-hydroxylation sites is 1. The molecule has 2 N–H and O–H groups in total. The summed E-state index contributed by atoms with van der Waals surface area (Å²) in [5.74, 6) is 0. The molecule has 2 aromatic heterocycles. The van der Waals surface area contributed by atoms with Crippen LogP contribution in [0, 0.1) is 11.3 Å². The molecule has 126 valence electrons. The molecule has 0 bridgehead atoms. The summed E-state index contributed by atoms with van der Waals surface area (Å²) in [6.07, 6.45) is 9.42. The van der Waals surface area contributed by atoms with Gasteiger partial charge in [0.1, 0.15) is 0 Å². The Balaban J connectivity index is 1.41. The number of pyridine rings is 1. The molecule has 0 radical (unpaired) electrons. The third-order valence-electron chi connectivity index (χ3n) is 5.54. The Labute approximate surface area is 147 Å². The number of aromatic nitrogens is 2. The van der Waals surface area contributed by atoms with Gasteiger partial charge in [0.15, 0.2) is 0 Å². The highest BCUT2D eigenvalue weighted by Gasteiger charge is 2.36. The smallest absolute Gasteiger partial charge is 0.0824 e. The second-order valence-corrected chi connectivity index (χ2v) is 6.94. The maximum absolute atomic E-state index is 9.79. The Hall–Kier alpha value is -2.64. The number of rotatable bonds is 4. The number of benzene rings is 1. The maximum Gasteiger partial charge on any atom is 0.0824 e. The zero-order valence-corrected chi connectivity index (χ0v) is 14.2. The third kappa shape index (κ3) is 3.04. The van der Waals surface area contributed by atoms with Crippen LogP contribution in [0.3, 0.4) is 0 Å². The molecule has 25 heavy (non-hydrogen) atoms. The van der Waals surface area contributed by atoms with Crippen LogP contribution in [0.15, 0.2) is 55.0 Å². The number of fused-ring (bicyclic) bond motifs is 1. The number of hydrogen-bond acceptors (Lipinski definition) is 3. The Bertz CT molecular complexity index is 883. The van der Waals surface area contributed by atoms with E-state index in [4.69, 9.17) is 0 Å². The topological polar surface area (TPSA) is 64.5 Å². The molecular weight excluding hydrogens is 308 g/mol. The summed E-state index contributed by atoms with van der Waals surface area (Å²) < 4.78 is 0. The third-order valence-corrected chi connectivity index (χ3v) is 5.54. The minimum absolute atomic E-state index is 0.347. The Morgan fingerprint density at radius 2 is 1.96 bits per heavy atom. The van der Waals surface area contributed by atoms with Crippen molar-refractivity contribution in [2.24, 2.45) is 0 Å². The lowest BCUT2D eigenvalue weighted by atomic mass is 9.69. The number of nitrogens with zero attached hydrogens (tertiary/aromatic N) is 2. The van der Waals surface area contributed by atoms with E-state index in [-0.39, 0.29) is 5.41 Å². The molecule has 2 heterocycles. The largest absolute Gasteiger partial charge is 0.361 e. The molecule has 3 aromatic rings. The van der Waals surface area contributed by atoms with Crippen LogP contribution in [-0.4, -0.2) is 16.0 Å². The standard InChI is InChI=1S/C21H22N4/c22-15-21(18-7-11-23-12-8-18)9-4-19(5-10-21)25-14-17-3-1-2-16-6-13-24-20(16)17/h1-3,6-8,11-13,19,24-25H,4-5,9-10,14H2. The van der Waals surface area contributed by atoms with Crippen LogP contribution in [-0.2, 0) is 12.0 Å². The van der Waals surface area contributed by atoms with Gasteiger partial charge in [-0.25, -0.2) is 0 Å². The summed E-state index contributed by atoms with van der Waals surface area (Å²) in [6.45, 7) is 0.858. The zero-order valence-electron chi connectivity index (χ0n) is 14.2. The molecule has 0 unspecified atom stereocenters.